The van der Waals surface area contributed by atoms with Crippen LogP contribution in [0.3, 0.4) is 0 Å². The zero-order valence-electron chi connectivity index (χ0n) is 11.6. The Hall–Kier alpha value is -1.06. The van der Waals surface area contributed by atoms with E-state index < -0.39 is 0 Å². The Morgan fingerprint density at radius 3 is 2.78 bits per heavy atom. The summed E-state index contributed by atoms with van der Waals surface area (Å²) in [4.78, 5) is 0. The van der Waals surface area contributed by atoms with Crippen molar-refractivity contribution in [3.05, 3.63) is 29.8 Å². The summed E-state index contributed by atoms with van der Waals surface area (Å²) in [7, 11) is 0. The summed E-state index contributed by atoms with van der Waals surface area (Å²) in [6, 6.07) is 8.07. The molecule has 102 valence electrons. The van der Waals surface area contributed by atoms with E-state index >= 15 is 0 Å². The lowest BCUT2D eigenvalue weighted by Crippen LogP contribution is -2.26. The molecule has 0 saturated heterocycles. The quantitative estimate of drug-likeness (QED) is 0.746. The van der Waals surface area contributed by atoms with Crippen LogP contribution in [0.4, 0.5) is 0 Å². The maximum absolute atomic E-state index is 9.61. The second-order valence-corrected chi connectivity index (χ2v) is 4.89. The summed E-state index contributed by atoms with van der Waals surface area (Å²) in [6.07, 6.45) is 1.81. The van der Waals surface area contributed by atoms with E-state index in [1.165, 1.54) is 5.56 Å². The molecule has 0 fully saturated rings. The van der Waals surface area contributed by atoms with E-state index in [4.69, 9.17) is 4.74 Å². The number of rotatable bonds is 8. The zero-order chi connectivity index (χ0) is 13.4. The van der Waals surface area contributed by atoms with Crippen LogP contribution in [0.1, 0.15) is 39.2 Å². The Bertz CT molecular complexity index is 339. The standard InChI is InChI=1S/C15H25NO2/c1-4-6-14(17)11-16-10-13-7-5-8-15(9-13)18-12(2)3/h5,7-9,12,14,16-17H,4,6,10-11H2,1-3H3. The third kappa shape index (κ3) is 6.03. The molecular weight excluding hydrogens is 226 g/mol. The van der Waals surface area contributed by atoms with E-state index in [1.54, 1.807) is 0 Å². The van der Waals surface area contributed by atoms with E-state index in [0.29, 0.717) is 6.54 Å². The van der Waals surface area contributed by atoms with Gasteiger partial charge in [0.15, 0.2) is 0 Å². The van der Waals surface area contributed by atoms with Crippen LogP contribution >= 0.6 is 0 Å². The molecule has 0 saturated carbocycles. The van der Waals surface area contributed by atoms with Gasteiger partial charge < -0.3 is 15.2 Å². The lowest BCUT2D eigenvalue weighted by molar-refractivity contribution is 0.160. The van der Waals surface area contributed by atoms with Gasteiger partial charge in [0.1, 0.15) is 5.75 Å². The van der Waals surface area contributed by atoms with E-state index in [1.807, 2.05) is 32.0 Å². The lowest BCUT2D eigenvalue weighted by atomic mass is 10.2. The molecule has 1 unspecified atom stereocenters. The van der Waals surface area contributed by atoms with Crippen LogP contribution in [0.5, 0.6) is 5.75 Å². The monoisotopic (exact) mass is 251 g/mol. The van der Waals surface area contributed by atoms with Crippen LogP contribution < -0.4 is 10.1 Å². The molecule has 0 aliphatic heterocycles. The first-order valence-electron chi connectivity index (χ1n) is 6.76. The molecule has 0 radical (unpaired) electrons. The topological polar surface area (TPSA) is 41.5 Å². The normalized spacial score (nSPS) is 12.7. The minimum absolute atomic E-state index is 0.194. The Balaban J connectivity index is 2.38. The van der Waals surface area contributed by atoms with Gasteiger partial charge in [-0.2, -0.15) is 0 Å². The van der Waals surface area contributed by atoms with E-state index in [9.17, 15) is 5.11 Å². The van der Waals surface area contributed by atoms with Gasteiger partial charge in [0, 0.05) is 13.1 Å². The van der Waals surface area contributed by atoms with Crippen molar-refractivity contribution < 1.29 is 9.84 Å². The number of aliphatic hydroxyl groups excluding tert-OH is 1. The molecule has 18 heavy (non-hydrogen) atoms. The van der Waals surface area contributed by atoms with Crippen molar-refractivity contribution in [2.45, 2.75) is 52.4 Å². The summed E-state index contributed by atoms with van der Waals surface area (Å²) in [5.74, 6) is 0.901. The van der Waals surface area contributed by atoms with E-state index in [2.05, 4.69) is 18.3 Å². The molecule has 1 rings (SSSR count). The smallest absolute Gasteiger partial charge is 0.120 e. The van der Waals surface area contributed by atoms with Crippen molar-refractivity contribution in [2.75, 3.05) is 6.54 Å². The molecule has 1 aromatic carbocycles. The SMILES string of the molecule is CCCC(O)CNCc1cccc(OC(C)C)c1. The predicted molar refractivity (Wildman–Crippen MR) is 74.8 cm³/mol. The fraction of sp³-hybridized carbons (Fsp3) is 0.600. The highest BCUT2D eigenvalue weighted by atomic mass is 16.5. The number of aliphatic hydroxyl groups is 1. The first kappa shape index (κ1) is 15.0. The van der Waals surface area contributed by atoms with E-state index in [0.717, 1.165) is 25.1 Å². The van der Waals surface area contributed by atoms with Crippen molar-refractivity contribution in [2.24, 2.45) is 0 Å². The lowest BCUT2D eigenvalue weighted by Gasteiger charge is -2.13. The average molecular weight is 251 g/mol. The summed E-state index contributed by atoms with van der Waals surface area (Å²) in [5, 5.41) is 12.9. The molecule has 0 amide bonds. The molecule has 1 aromatic rings. The number of ether oxygens (including phenoxy) is 1. The van der Waals surface area contributed by atoms with Crippen molar-refractivity contribution in [1.82, 2.24) is 5.32 Å². The molecule has 0 aliphatic rings. The van der Waals surface area contributed by atoms with Gasteiger partial charge in [-0.15, -0.1) is 0 Å². The largest absolute Gasteiger partial charge is 0.491 e. The van der Waals surface area contributed by atoms with Gasteiger partial charge in [-0.25, -0.2) is 0 Å². The molecule has 1 atom stereocenters. The summed E-state index contributed by atoms with van der Waals surface area (Å²) >= 11 is 0. The fourth-order valence-electron chi connectivity index (χ4n) is 1.82. The van der Waals surface area contributed by atoms with Crippen LogP contribution in [-0.4, -0.2) is 23.9 Å². The number of nitrogens with one attached hydrogen (secondary N) is 1. The molecule has 3 heteroatoms. The molecule has 0 aliphatic carbocycles. The Morgan fingerprint density at radius 2 is 2.11 bits per heavy atom. The van der Waals surface area contributed by atoms with Gasteiger partial charge in [-0.3, -0.25) is 0 Å². The summed E-state index contributed by atoms with van der Waals surface area (Å²) in [6.45, 7) is 7.52. The van der Waals surface area contributed by atoms with E-state index in [-0.39, 0.29) is 12.2 Å². The van der Waals surface area contributed by atoms with Gasteiger partial charge in [-0.1, -0.05) is 25.5 Å². The Labute approximate surface area is 110 Å². The van der Waals surface area contributed by atoms with Crippen LogP contribution in [0.2, 0.25) is 0 Å². The van der Waals surface area contributed by atoms with Crippen molar-refractivity contribution in [3.8, 4) is 5.75 Å². The minimum atomic E-state index is -0.245. The van der Waals surface area contributed by atoms with Gasteiger partial charge in [0.05, 0.1) is 12.2 Å². The first-order chi connectivity index (χ1) is 8.61. The molecule has 3 nitrogen and oxygen atoms in total. The van der Waals surface area contributed by atoms with Gasteiger partial charge >= 0.3 is 0 Å². The molecule has 0 bridgehead atoms. The Morgan fingerprint density at radius 1 is 1.33 bits per heavy atom. The number of benzene rings is 1. The van der Waals surface area contributed by atoms with Gasteiger partial charge in [0.25, 0.3) is 0 Å². The molecule has 0 spiro atoms. The predicted octanol–water partition coefficient (Wildman–Crippen LogP) is 2.72. The van der Waals surface area contributed by atoms with Crippen molar-refractivity contribution in [3.63, 3.8) is 0 Å². The van der Waals surface area contributed by atoms with Crippen LogP contribution in [0.15, 0.2) is 24.3 Å². The highest BCUT2D eigenvalue weighted by Gasteiger charge is 2.03. The molecule has 0 heterocycles. The van der Waals surface area contributed by atoms with Gasteiger partial charge in [-0.05, 0) is 38.0 Å². The Kier molecular flexibility index (Phi) is 6.76. The van der Waals surface area contributed by atoms with Crippen molar-refractivity contribution in [1.29, 1.82) is 0 Å². The van der Waals surface area contributed by atoms with Crippen LogP contribution in [-0.2, 0) is 6.54 Å². The average Bonchev–Trinajstić information content (AvgIpc) is 2.29. The second kappa shape index (κ2) is 8.11. The third-order valence-electron chi connectivity index (χ3n) is 2.60. The summed E-state index contributed by atoms with van der Waals surface area (Å²) in [5.41, 5.74) is 1.18. The van der Waals surface area contributed by atoms with Crippen LogP contribution in [0.25, 0.3) is 0 Å². The number of hydrogen-bond donors (Lipinski definition) is 2. The van der Waals surface area contributed by atoms with Crippen LogP contribution in [0, 0.1) is 0 Å². The maximum atomic E-state index is 9.61. The highest BCUT2D eigenvalue weighted by molar-refractivity contribution is 5.28. The second-order valence-electron chi connectivity index (χ2n) is 4.89. The third-order valence-corrected chi connectivity index (χ3v) is 2.60. The van der Waals surface area contributed by atoms with Gasteiger partial charge in [0.2, 0.25) is 0 Å². The molecular formula is C15H25NO2. The van der Waals surface area contributed by atoms with Crippen molar-refractivity contribution >= 4 is 0 Å². The fourth-order valence-corrected chi connectivity index (χ4v) is 1.82. The zero-order valence-corrected chi connectivity index (χ0v) is 11.6. The molecule has 0 aromatic heterocycles. The first-order valence-corrected chi connectivity index (χ1v) is 6.76. The number of hydrogen-bond acceptors (Lipinski definition) is 3. The maximum Gasteiger partial charge on any atom is 0.120 e. The molecule has 2 N–H and O–H groups in total. The summed E-state index contributed by atoms with van der Waals surface area (Å²) < 4.78 is 5.64. The highest BCUT2D eigenvalue weighted by Crippen LogP contribution is 2.14. The minimum Gasteiger partial charge on any atom is -0.491 e.